The van der Waals surface area contributed by atoms with E-state index < -0.39 is 6.09 Å². The van der Waals surface area contributed by atoms with Crippen molar-refractivity contribution in [3.63, 3.8) is 0 Å². The van der Waals surface area contributed by atoms with E-state index in [1.807, 2.05) is 16.3 Å². The molecule has 1 unspecified atom stereocenters. The summed E-state index contributed by atoms with van der Waals surface area (Å²) < 4.78 is 5.56. The van der Waals surface area contributed by atoms with Crippen molar-refractivity contribution in [1.29, 1.82) is 0 Å². The molecule has 1 atom stereocenters. The first-order valence-electron chi connectivity index (χ1n) is 14.9. The molecule has 3 amide bonds. The molecule has 0 aliphatic carbocycles. The van der Waals surface area contributed by atoms with Crippen molar-refractivity contribution in [2.45, 2.75) is 57.5 Å². The lowest BCUT2D eigenvalue weighted by molar-refractivity contribution is 0.0641. The first-order valence-corrected chi connectivity index (χ1v) is 15.8. The fourth-order valence-corrected chi connectivity index (χ4v) is 6.61. The Labute approximate surface area is 256 Å². The Balaban J connectivity index is 1.15. The quantitative estimate of drug-likeness (QED) is 0.284. The van der Waals surface area contributed by atoms with Crippen LogP contribution in [0.4, 0.5) is 9.93 Å². The number of rotatable bonds is 10. The lowest BCUT2D eigenvalue weighted by Gasteiger charge is -2.36. The molecule has 3 aromatic rings. The van der Waals surface area contributed by atoms with Crippen LogP contribution in [-0.4, -0.2) is 83.2 Å². The summed E-state index contributed by atoms with van der Waals surface area (Å²) in [5.41, 5.74) is 3.88. The number of carbonyl (C=O) groups excluding carboxylic acids is 2. The van der Waals surface area contributed by atoms with Gasteiger partial charge < -0.3 is 20.1 Å². The van der Waals surface area contributed by atoms with Gasteiger partial charge in [-0.25, -0.2) is 9.78 Å². The number of carboxylic acid groups (broad SMARTS) is 1. The van der Waals surface area contributed by atoms with Crippen LogP contribution in [0.1, 0.15) is 65.3 Å². The Morgan fingerprint density at radius 3 is 2.49 bits per heavy atom. The first-order chi connectivity index (χ1) is 20.8. The van der Waals surface area contributed by atoms with E-state index in [0.717, 1.165) is 68.6 Å². The Morgan fingerprint density at radius 1 is 1.05 bits per heavy atom. The van der Waals surface area contributed by atoms with E-state index in [2.05, 4.69) is 39.6 Å². The summed E-state index contributed by atoms with van der Waals surface area (Å²) in [5, 5.41) is 16.8. The molecular weight excluding hydrogens is 566 g/mol. The van der Waals surface area contributed by atoms with Gasteiger partial charge in [0.15, 0.2) is 5.13 Å². The number of anilines is 1. The van der Waals surface area contributed by atoms with Gasteiger partial charge in [0.1, 0.15) is 5.75 Å². The highest BCUT2D eigenvalue weighted by atomic mass is 32.1. The second kappa shape index (κ2) is 14.0. The van der Waals surface area contributed by atoms with Crippen molar-refractivity contribution < 1.29 is 24.2 Å². The van der Waals surface area contributed by atoms with Crippen LogP contribution >= 0.6 is 11.3 Å². The molecular formula is C32H39N5O5S. The topological polar surface area (TPSA) is 124 Å². The number of piperidine rings is 1. The van der Waals surface area contributed by atoms with Crippen LogP contribution in [0.5, 0.6) is 5.75 Å². The zero-order chi connectivity index (χ0) is 30.3. The van der Waals surface area contributed by atoms with Gasteiger partial charge in [0, 0.05) is 60.3 Å². The molecule has 5 rings (SSSR count). The average Bonchev–Trinajstić information content (AvgIpc) is 3.69. The Hall–Kier alpha value is -3.96. The minimum atomic E-state index is -0.978. The second-order valence-corrected chi connectivity index (χ2v) is 12.0. The number of amides is 3. The highest BCUT2D eigenvalue weighted by Crippen LogP contribution is 2.33. The van der Waals surface area contributed by atoms with Crippen molar-refractivity contribution >= 4 is 34.4 Å². The Morgan fingerprint density at radius 2 is 1.79 bits per heavy atom. The normalized spacial score (nSPS) is 17.5. The summed E-state index contributed by atoms with van der Waals surface area (Å²) in [4.78, 5) is 45.9. The van der Waals surface area contributed by atoms with Gasteiger partial charge in [0.2, 0.25) is 0 Å². The molecule has 0 spiro atoms. The molecule has 11 heteroatoms. The average molecular weight is 606 g/mol. The summed E-state index contributed by atoms with van der Waals surface area (Å²) in [5.74, 6) is 0.410. The van der Waals surface area contributed by atoms with Gasteiger partial charge in [-0.15, -0.1) is 11.3 Å². The number of hydrogen-bond donors (Lipinski definition) is 3. The maximum Gasteiger partial charge on any atom is 0.404 e. The predicted molar refractivity (Wildman–Crippen MR) is 167 cm³/mol. The molecule has 2 saturated heterocycles. The van der Waals surface area contributed by atoms with E-state index in [1.54, 1.807) is 31.4 Å². The molecule has 10 nitrogen and oxygen atoms in total. The van der Waals surface area contributed by atoms with E-state index in [4.69, 9.17) is 9.84 Å². The fourth-order valence-electron chi connectivity index (χ4n) is 5.91. The third kappa shape index (κ3) is 7.52. The molecule has 228 valence electrons. The van der Waals surface area contributed by atoms with Gasteiger partial charge >= 0.3 is 6.09 Å². The summed E-state index contributed by atoms with van der Waals surface area (Å²) >= 11 is 1.36. The van der Waals surface area contributed by atoms with E-state index in [-0.39, 0.29) is 17.9 Å². The van der Waals surface area contributed by atoms with Crippen LogP contribution < -0.4 is 15.4 Å². The van der Waals surface area contributed by atoms with E-state index >= 15 is 0 Å². The van der Waals surface area contributed by atoms with Crippen LogP contribution in [-0.2, 0) is 6.42 Å². The summed E-state index contributed by atoms with van der Waals surface area (Å²) in [6.07, 6.45) is 4.78. The molecule has 2 aliphatic heterocycles. The molecule has 2 aromatic carbocycles. The zero-order valence-corrected chi connectivity index (χ0v) is 25.5. The van der Waals surface area contributed by atoms with Crippen molar-refractivity contribution in [1.82, 2.24) is 20.1 Å². The lowest BCUT2D eigenvalue weighted by Crippen LogP contribution is -2.47. The summed E-state index contributed by atoms with van der Waals surface area (Å²) in [6, 6.07) is 13.2. The van der Waals surface area contributed by atoms with Crippen LogP contribution in [0.2, 0.25) is 0 Å². The maximum atomic E-state index is 13.2. The zero-order valence-electron chi connectivity index (χ0n) is 24.7. The molecule has 1 aromatic heterocycles. The number of nitrogens with zero attached hydrogens (tertiary/aromatic N) is 3. The van der Waals surface area contributed by atoms with Gasteiger partial charge in [-0.3, -0.25) is 19.8 Å². The van der Waals surface area contributed by atoms with E-state index in [0.29, 0.717) is 35.4 Å². The molecule has 3 heterocycles. The smallest absolute Gasteiger partial charge is 0.404 e. The largest absolute Gasteiger partial charge is 0.496 e. The number of benzene rings is 2. The molecule has 2 aliphatic rings. The van der Waals surface area contributed by atoms with Crippen molar-refractivity contribution in [3.8, 4) is 17.0 Å². The highest BCUT2D eigenvalue weighted by molar-refractivity contribution is 7.14. The van der Waals surface area contributed by atoms with Crippen molar-refractivity contribution in [2.75, 3.05) is 38.6 Å². The minimum Gasteiger partial charge on any atom is -0.496 e. The maximum absolute atomic E-state index is 13.2. The Bertz CT molecular complexity index is 1430. The van der Waals surface area contributed by atoms with Crippen LogP contribution in [0.25, 0.3) is 11.3 Å². The lowest BCUT2D eigenvalue weighted by atomic mass is 10.0. The van der Waals surface area contributed by atoms with Crippen molar-refractivity contribution in [3.05, 3.63) is 64.5 Å². The monoisotopic (exact) mass is 605 g/mol. The first kappa shape index (κ1) is 30.5. The van der Waals surface area contributed by atoms with Gasteiger partial charge in [0.25, 0.3) is 11.8 Å². The molecule has 0 bridgehead atoms. The van der Waals surface area contributed by atoms with Crippen LogP contribution in [0.3, 0.4) is 0 Å². The number of likely N-dealkylation sites (tertiary alicyclic amines) is 2. The van der Waals surface area contributed by atoms with Gasteiger partial charge in [-0.2, -0.15) is 0 Å². The standard InChI is InChI=1S/C32H39N5O5S/c1-3-4-5-21-6-11-28(42-2)26(18-21)27-20-43-31(34-27)35-29(38)22-7-9-23(10-8-22)30(39)36-16-13-25(14-17-36)37-15-12-24(19-37)33-32(40)41/h6-11,18,20,24-25,33H,3-5,12-17,19H2,1-2H3,(H,40,41)(H,34,35,38). The SMILES string of the molecule is CCCCc1ccc(OC)c(-c2csc(NC(=O)c3ccc(C(=O)N4CCC(N5CCC(NC(=O)O)C5)CC4)cc3)n2)c1. The van der Waals surface area contributed by atoms with Gasteiger partial charge in [-0.05, 0) is 74.1 Å². The summed E-state index contributed by atoms with van der Waals surface area (Å²) in [6.45, 7) is 5.06. The van der Waals surface area contributed by atoms with Crippen molar-refractivity contribution in [2.24, 2.45) is 0 Å². The number of nitrogens with one attached hydrogen (secondary N) is 2. The minimum absolute atomic E-state index is 0.0265. The van der Waals surface area contributed by atoms with Gasteiger partial charge in [0.05, 0.1) is 12.8 Å². The number of ether oxygens (including phenoxy) is 1. The number of hydrogen-bond acceptors (Lipinski definition) is 7. The third-order valence-electron chi connectivity index (χ3n) is 8.29. The molecule has 0 radical (unpaired) electrons. The van der Waals surface area contributed by atoms with Gasteiger partial charge in [-0.1, -0.05) is 19.4 Å². The third-order valence-corrected chi connectivity index (χ3v) is 9.05. The highest BCUT2D eigenvalue weighted by Gasteiger charge is 2.32. The van der Waals surface area contributed by atoms with E-state index in [1.165, 1.54) is 16.9 Å². The summed E-state index contributed by atoms with van der Waals surface area (Å²) in [7, 11) is 1.64. The molecule has 43 heavy (non-hydrogen) atoms. The number of unbranched alkanes of at least 4 members (excludes halogenated alkanes) is 1. The van der Waals surface area contributed by atoms with Crippen LogP contribution in [0.15, 0.2) is 47.8 Å². The Kier molecular flexibility index (Phi) is 9.93. The fraction of sp³-hybridized carbons (Fsp3) is 0.438. The number of aryl methyl sites for hydroxylation is 1. The molecule has 2 fully saturated rings. The van der Waals surface area contributed by atoms with Crippen LogP contribution in [0, 0.1) is 0 Å². The number of aromatic nitrogens is 1. The molecule has 3 N–H and O–H groups in total. The molecule has 0 saturated carbocycles. The number of thiazole rings is 1. The number of methoxy groups -OCH3 is 1. The predicted octanol–water partition coefficient (Wildman–Crippen LogP) is 5.36. The second-order valence-electron chi connectivity index (χ2n) is 11.2. The van der Waals surface area contributed by atoms with E-state index in [9.17, 15) is 14.4 Å². The number of carbonyl (C=O) groups is 3.